The van der Waals surface area contributed by atoms with E-state index in [-0.39, 0.29) is 0 Å². The van der Waals surface area contributed by atoms with Crippen LogP contribution in [-0.2, 0) is 17.6 Å². The summed E-state index contributed by atoms with van der Waals surface area (Å²) < 4.78 is 0. The Kier molecular flexibility index (Phi) is 3.81. The van der Waals surface area contributed by atoms with E-state index in [1.165, 1.54) is 17.5 Å². The molecule has 4 atom stereocenters. The third-order valence-electron chi connectivity index (χ3n) is 6.27. The summed E-state index contributed by atoms with van der Waals surface area (Å²) in [4.78, 5) is 12.2. The van der Waals surface area contributed by atoms with Crippen LogP contribution < -0.4 is 0 Å². The molecular formula is C19H26O2. The van der Waals surface area contributed by atoms with Gasteiger partial charge in [-0.2, -0.15) is 0 Å². The van der Waals surface area contributed by atoms with Gasteiger partial charge in [-0.3, -0.25) is 4.79 Å². The Balaban J connectivity index is 1.90. The molecule has 0 amide bonds. The smallest absolute Gasteiger partial charge is 0.310 e. The first-order valence-electron chi connectivity index (χ1n) is 8.33. The molecule has 2 aliphatic rings. The molecule has 2 aliphatic carbocycles. The van der Waals surface area contributed by atoms with Gasteiger partial charge in [0.05, 0.1) is 5.41 Å². The Labute approximate surface area is 127 Å². The normalized spacial score (nSPS) is 36.0. The van der Waals surface area contributed by atoms with Gasteiger partial charge in [0.2, 0.25) is 0 Å². The lowest BCUT2D eigenvalue weighted by molar-refractivity contribution is -0.155. The molecule has 114 valence electrons. The van der Waals surface area contributed by atoms with Crippen molar-refractivity contribution < 1.29 is 9.90 Å². The van der Waals surface area contributed by atoms with Gasteiger partial charge in [0.25, 0.3) is 0 Å². The summed E-state index contributed by atoms with van der Waals surface area (Å²) in [5, 5.41) is 10.0. The molecule has 4 unspecified atom stereocenters. The van der Waals surface area contributed by atoms with Gasteiger partial charge < -0.3 is 5.11 Å². The first kappa shape index (κ1) is 14.6. The van der Waals surface area contributed by atoms with Gasteiger partial charge in [-0.1, -0.05) is 44.5 Å². The van der Waals surface area contributed by atoms with Gasteiger partial charge in [0.15, 0.2) is 0 Å². The first-order valence-corrected chi connectivity index (χ1v) is 8.33. The molecule has 1 N–H and O–H groups in total. The van der Waals surface area contributed by atoms with Crippen LogP contribution >= 0.6 is 0 Å². The monoisotopic (exact) mass is 286 g/mol. The molecular weight excluding hydrogens is 260 g/mol. The van der Waals surface area contributed by atoms with E-state index in [0.717, 1.165) is 38.0 Å². The number of carboxylic acid groups (broad SMARTS) is 1. The standard InChI is InChI=1S/C19H26O2/c1-13-7-8-17(11-14(13)2)19(18(20)21)10-9-15-5-3-4-6-16(15)12-19/h3-6,13-14,17H,7-12H2,1-2H3,(H,20,21). The molecule has 0 aromatic heterocycles. The fourth-order valence-corrected chi connectivity index (χ4v) is 4.51. The average molecular weight is 286 g/mol. The highest BCUT2D eigenvalue weighted by atomic mass is 16.4. The average Bonchev–Trinajstić information content (AvgIpc) is 2.49. The van der Waals surface area contributed by atoms with Gasteiger partial charge in [-0.15, -0.1) is 0 Å². The molecule has 0 radical (unpaired) electrons. The van der Waals surface area contributed by atoms with E-state index in [0.29, 0.717) is 11.8 Å². The number of aliphatic carboxylic acids is 1. The van der Waals surface area contributed by atoms with Crippen LogP contribution in [0, 0.1) is 23.2 Å². The number of rotatable bonds is 2. The van der Waals surface area contributed by atoms with Gasteiger partial charge in [0.1, 0.15) is 0 Å². The minimum Gasteiger partial charge on any atom is -0.481 e. The lowest BCUT2D eigenvalue weighted by Gasteiger charge is -2.45. The Morgan fingerprint density at radius 1 is 1.14 bits per heavy atom. The van der Waals surface area contributed by atoms with Crippen molar-refractivity contribution in [1.82, 2.24) is 0 Å². The largest absolute Gasteiger partial charge is 0.481 e. The molecule has 1 aromatic carbocycles. The summed E-state index contributed by atoms with van der Waals surface area (Å²) in [5.41, 5.74) is 2.09. The number of hydrogen-bond acceptors (Lipinski definition) is 1. The highest BCUT2D eigenvalue weighted by Gasteiger charge is 2.49. The molecule has 2 nitrogen and oxygen atoms in total. The fraction of sp³-hybridized carbons (Fsp3) is 0.632. The Bertz CT molecular complexity index is 536. The molecule has 21 heavy (non-hydrogen) atoms. The summed E-state index contributed by atoms with van der Waals surface area (Å²) in [6.45, 7) is 4.60. The van der Waals surface area contributed by atoms with Crippen LogP contribution in [0.1, 0.15) is 50.7 Å². The number of carbonyl (C=O) groups is 1. The maximum absolute atomic E-state index is 12.2. The highest BCUT2D eigenvalue weighted by molar-refractivity contribution is 5.76. The summed E-state index contributed by atoms with van der Waals surface area (Å²) >= 11 is 0. The molecule has 1 aromatic rings. The maximum atomic E-state index is 12.2. The van der Waals surface area contributed by atoms with E-state index >= 15 is 0 Å². The molecule has 1 fully saturated rings. The zero-order chi connectivity index (χ0) is 15.0. The zero-order valence-electron chi connectivity index (χ0n) is 13.1. The van der Waals surface area contributed by atoms with E-state index in [9.17, 15) is 9.90 Å². The number of carboxylic acids is 1. The topological polar surface area (TPSA) is 37.3 Å². The van der Waals surface area contributed by atoms with E-state index in [4.69, 9.17) is 0 Å². The van der Waals surface area contributed by atoms with Crippen molar-refractivity contribution in [1.29, 1.82) is 0 Å². The van der Waals surface area contributed by atoms with E-state index < -0.39 is 11.4 Å². The maximum Gasteiger partial charge on any atom is 0.310 e. The number of fused-ring (bicyclic) bond motifs is 1. The van der Waals surface area contributed by atoms with Crippen LogP contribution in [0.5, 0.6) is 0 Å². The Morgan fingerprint density at radius 2 is 1.86 bits per heavy atom. The molecule has 0 saturated heterocycles. The van der Waals surface area contributed by atoms with Crippen molar-refractivity contribution in [3.8, 4) is 0 Å². The van der Waals surface area contributed by atoms with Crippen LogP contribution in [0.25, 0.3) is 0 Å². The van der Waals surface area contributed by atoms with Crippen molar-refractivity contribution in [2.75, 3.05) is 0 Å². The Morgan fingerprint density at radius 3 is 2.52 bits per heavy atom. The number of benzene rings is 1. The SMILES string of the molecule is CC1CCC(C2(C(=O)O)CCc3ccccc3C2)CC1C. The second-order valence-corrected chi connectivity index (χ2v) is 7.37. The van der Waals surface area contributed by atoms with Crippen molar-refractivity contribution >= 4 is 5.97 Å². The summed E-state index contributed by atoms with van der Waals surface area (Å²) in [5.74, 6) is 1.17. The quantitative estimate of drug-likeness (QED) is 0.879. The van der Waals surface area contributed by atoms with Crippen LogP contribution in [0.2, 0.25) is 0 Å². The van der Waals surface area contributed by atoms with E-state index in [2.05, 4.69) is 32.0 Å². The first-order chi connectivity index (χ1) is 10.0. The van der Waals surface area contributed by atoms with Crippen LogP contribution in [0.15, 0.2) is 24.3 Å². The molecule has 0 heterocycles. The van der Waals surface area contributed by atoms with Crippen molar-refractivity contribution in [2.45, 2.75) is 52.4 Å². The molecule has 2 heteroatoms. The molecule has 3 rings (SSSR count). The van der Waals surface area contributed by atoms with E-state index in [1.54, 1.807) is 0 Å². The summed E-state index contributed by atoms with van der Waals surface area (Å²) in [7, 11) is 0. The Hall–Kier alpha value is -1.31. The molecule has 0 aliphatic heterocycles. The summed E-state index contributed by atoms with van der Waals surface area (Å²) in [6, 6.07) is 8.40. The second kappa shape index (κ2) is 5.47. The van der Waals surface area contributed by atoms with Crippen LogP contribution in [0.4, 0.5) is 0 Å². The van der Waals surface area contributed by atoms with Gasteiger partial charge >= 0.3 is 5.97 Å². The second-order valence-electron chi connectivity index (χ2n) is 7.37. The third kappa shape index (κ3) is 2.49. The lowest BCUT2D eigenvalue weighted by atomic mass is 9.58. The number of hydrogen-bond donors (Lipinski definition) is 1. The minimum absolute atomic E-state index is 0.342. The van der Waals surface area contributed by atoms with Gasteiger partial charge in [0, 0.05) is 0 Å². The van der Waals surface area contributed by atoms with Crippen molar-refractivity contribution in [3.05, 3.63) is 35.4 Å². The molecule has 0 spiro atoms. The number of aryl methyl sites for hydroxylation is 1. The van der Waals surface area contributed by atoms with Crippen LogP contribution in [0.3, 0.4) is 0 Å². The highest BCUT2D eigenvalue weighted by Crippen LogP contribution is 2.49. The van der Waals surface area contributed by atoms with Gasteiger partial charge in [-0.25, -0.2) is 0 Å². The summed E-state index contributed by atoms with van der Waals surface area (Å²) in [6.07, 6.45) is 5.80. The predicted molar refractivity (Wildman–Crippen MR) is 84.2 cm³/mol. The fourth-order valence-electron chi connectivity index (χ4n) is 4.51. The lowest BCUT2D eigenvalue weighted by Crippen LogP contribution is -2.45. The minimum atomic E-state index is -0.566. The zero-order valence-corrected chi connectivity index (χ0v) is 13.1. The van der Waals surface area contributed by atoms with Crippen molar-refractivity contribution in [3.63, 3.8) is 0 Å². The molecule has 0 bridgehead atoms. The van der Waals surface area contributed by atoms with Crippen LogP contribution in [-0.4, -0.2) is 11.1 Å². The van der Waals surface area contributed by atoms with Gasteiger partial charge in [-0.05, 0) is 61.0 Å². The van der Waals surface area contributed by atoms with E-state index in [1.807, 2.05) is 6.07 Å². The molecule has 1 saturated carbocycles. The third-order valence-corrected chi connectivity index (χ3v) is 6.27. The predicted octanol–water partition coefficient (Wildman–Crippen LogP) is 4.32. The van der Waals surface area contributed by atoms with Crippen molar-refractivity contribution in [2.24, 2.45) is 23.2 Å².